The lowest BCUT2D eigenvalue weighted by Crippen LogP contribution is -2.26. The van der Waals surface area contributed by atoms with Crippen molar-refractivity contribution in [1.29, 1.82) is 0 Å². The highest BCUT2D eigenvalue weighted by molar-refractivity contribution is 5.97. The summed E-state index contributed by atoms with van der Waals surface area (Å²) in [4.78, 5) is 16.9. The zero-order chi connectivity index (χ0) is 21.8. The molecule has 9 heteroatoms. The van der Waals surface area contributed by atoms with Gasteiger partial charge in [-0.15, -0.1) is 0 Å². The van der Waals surface area contributed by atoms with Crippen LogP contribution >= 0.6 is 0 Å². The molecule has 0 bridgehead atoms. The van der Waals surface area contributed by atoms with Crippen LogP contribution in [0.15, 0.2) is 79.5 Å². The van der Waals surface area contributed by atoms with Crippen LogP contribution in [-0.4, -0.2) is 31.8 Å². The number of rotatable bonds is 6. The van der Waals surface area contributed by atoms with E-state index >= 15 is 0 Å². The largest absolute Gasteiger partial charge is 0.416 e. The maximum absolute atomic E-state index is 13.2. The van der Waals surface area contributed by atoms with E-state index in [0.717, 1.165) is 17.7 Å². The van der Waals surface area contributed by atoms with Crippen molar-refractivity contribution in [3.05, 3.63) is 96.2 Å². The maximum Gasteiger partial charge on any atom is 0.416 e. The fraction of sp³-hybridized carbons (Fsp3) is 0.136. The van der Waals surface area contributed by atoms with Crippen molar-refractivity contribution in [1.82, 2.24) is 24.6 Å². The third kappa shape index (κ3) is 4.50. The molecule has 3 aromatic heterocycles. The van der Waals surface area contributed by atoms with E-state index in [1.165, 1.54) is 23.0 Å². The molecule has 0 radical (unpaired) electrons. The Morgan fingerprint density at radius 2 is 1.84 bits per heavy atom. The van der Waals surface area contributed by atoms with Gasteiger partial charge in [0.05, 0.1) is 17.4 Å². The van der Waals surface area contributed by atoms with E-state index in [9.17, 15) is 18.0 Å². The Kier molecular flexibility index (Phi) is 5.57. The van der Waals surface area contributed by atoms with Gasteiger partial charge < -0.3 is 9.88 Å². The normalized spacial score (nSPS) is 11.5. The molecule has 158 valence electrons. The van der Waals surface area contributed by atoms with Crippen LogP contribution in [0.3, 0.4) is 0 Å². The Bertz CT molecular complexity index is 1170. The molecule has 6 nitrogen and oxygen atoms in total. The van der Waals surface area contributed by atoms with E-state index in [-0.39, 0.29) is 17.2 Å². The zero-order valence-electron chi connectivity index (χ0n) is 16.3. The molecule has 31 heavy (non-hydrogen) atoms. The minimum Gasteiger partial charge on any atom is -0.352 e. The minimum absolute atomic E-state index is 0.202. The predicted molar refractivity (Wildman–Crippen MR) is 108 cm³/mol. The van der Waals surface area contributed by atoms with Crippen LogP contribution in [0.1, 0.15) is 21.5 Å². The lowest BCUT2D eigenvalue weighted by Gasteiger charge is -2.13. The molecule has 1 N–H and O–H groups in total. The molecule has 0 fully saturated rings. The Morgan fingerprint density at radius 1 is 1.03 bits per heavy atom. The van der Waals surface area contributed by atoms with Gasteiger partial charge in [-0.3, -0.25) is 9.78 Å². The molecule has 0 aliphatic carbocycles. The SMILES string of the molecule is O=C(NCCc1cccnc1)c1cnn(-c2cccc(C(F)(F)F)c2)c1-n1cccc1. The molecule has 4 aromatic rings. The number of alkyl halides is 3. The van der Waals surface area contributed by atoms with Gasteiger partial charge in [0.15, 0.2) is 5.82 Å². The van der Waals surface area contributed by atoms with Crippen LogP contribution in [-0.2, 0) is 12.6 Å². The molecule has 1 aromatic carbocycles. The molecule has 0 unspecified atom stereocenters. The van der Waals surface area contributed by atoms with Gasteiger partial charge in [0.1, 0.15) is 5.56 Å². The van der Waals surface area contributed by atoms with Crippen molar-refractivity contribution in [2.75, 3.05) is 6.54 Å². The lowest BCUT2D eigenvalue weighted by atomic mass is 10.2. The van der Waals surface area contributed by atoms with Crippen molar-refractivity contribution < 1.29 is 18.0 Å². The molecule has 4 rings (SSSR count). The number of amides is 1. The quantitative estimate of drug-likeness (QED) is 0.507. The third-order valence-corrected chi connectivity index (χ3v) is 4.68. The first-order valence-corrected chi connectivity index (χ1v) is 9.49. The molecule has 0 aliphatic rings. The highest BCUT2D eigenvalue weighted by Crippen LogP contribution is 2.31. The van der Waals surface area contributed by atoms with Gasteiger partial charge in [-0.2, -0.15) is 18.3 Å². The summed E-state index contributed by atoms with van der Waals surface area (Å²) in [5, 5.41) is 7.05. The number of benzene rings is 1. The molecule has 1 amide bonds. The summed E-state index contributed by atoms with van der Waals surface area (Å²) in [5.41, 5.74) is 0.641. The van der Waals surface area contributed by atoms with Gasteiger partial charge in [-0.05, 0) is 48.4 Å². The summed E-state index contributed by atoms with van der Waals surface area (Å²) in [6.45, 7) is 0.379. The highest BCUT2D eigenvalue weighted by Gasteiger charge is 2.31. The maximum atomic E-state index is 13.2. The van der Waals surface area contributed by atoms with E-state index in [0.29, 0.717) is 18.8 Å². The van der Waals surface area contributed by atoms with Crippen LogP contribution in [0.25, 0.3) is 11.5 Å². The predicted octanol–water partition coefficient (Wildman–Crippen LogP) is 4.05. The molecular weight excluding hydrogens is 407 g/mol. The summed E-state index contributed by atoms with van der Waals surface area (Å²) >= 11 is 0. The number of carbonyl (C=O) groups is 1. The fourth-order valence-corrected chi connectivity index (χ4v) is 3.19. The molecule has 0 aliphatic heterocycles. The summed E-state index contributed by atoms with van der Waals surface area (Å²) in [7, 11) is 0. The van der Waals surface area contributed by atoms with Crippen LogP contribution in [0, 0.1) is 0 Å². The van der Waals surface area contributed by atoms with E-state index in [1.54, 1.807) is 41.5 Å². The van der Waals surface area contributed by atoms with Crippen LogP contribution < -0.4 is 5.32 Å². The smallest absolute Gasteiger partial charge is 0.352 e. The monoisotopic (exact) mass is 425 g/mol. The van der Waals surface area contributed by atoms with Crippen LogP contribution in [0.5, 0.6) is 0 Å². The van der Waals surface area contributed by atoms with E-state index in [2.05, 4.69) is 15.4 Å². The number of carbonyl (C=O) groups excluding carboxylic acids is 1. The van der Waals surface area contributed by atoms with Gasteiger partial charge in [0, 0.05) is 31.3 Å². The highest BCUT2D eigenvalue weighted by atomic mass is 19.4. The van der Waals surface area contributed by atoms with Crippen LogP contribution in [0.2, 0.25) is 0 Å². The number of nitrogens with one attached hydrogen (secondary N) is 1. The van der Waals surface area contributed by atoms with Gasteiger partial charge in [-0.25, -0.2) is 4.68 Å². The Labute approximate surface area is 176 Å². The molecule has 0 spiro atoms. The lowest BCUT2D eigenvalue weighted by molar-refractivity contribution is -0.137. The van der Waals surface area contributed by atoms with Gasteiger partial charge >= 0.3 is 6.18 Å². The Hall–Kier alpha value is -3.88. The Morgan fingerprint density at radius 3 is 2.55 bits per heavy atom. The number of hydrogen-bond donors (Lipinski definition) is 1. The second-order valence-electron chi connectivity index (χ2n) is 6.80. The van der Waals surface area contributed by atoms with Crippen molar-refractivity contribution in [3.8, 4) is 11.5 Å². The van der Waals surface area contributed by atoms with E-state index in [1.807, 2.05) is 12.1 Å². The molecule has 0 atom stereocenters. The molecule has 0 saturated heterocycles. The van der Waals surface area contributed by atoms with Crippen molar-refractivity contribution >= 4 is 5.91 Å². The Balaban J connectivity index is 1.64. The number of halogens is 3. The third-order valence-electron chi connectivity index (χ3n) is 4.68. The van der Waals surface area contributed by atoms with Gasteiger partial charge in [0.2, 0.25) is 0 Å². The number of pyridine rings is 1. The first-order chi connectivity index (χ1) is 14.9. The minimum atomic E-state index is -4.48. The first-order valence-electron chi connectivity index (χ1n) is 9.49. The summed E-state index contributed by atoms with van der Waals surface area (Å²) in [6, 6.07) is 12.1. The standard InChI is InChI=1S/C22H18F3N5O/c23-22(24,25)17-6-3-7-18(13-17)30-21(29-11-1-2-12-29)19(15-28-30)20(31)27-10-8-16-5-4-9-26-14-16/h1-7,9,11-15H,8,10H2,(H,27,31). The molecular formula is C22H18F3N5O. The summed E-state index contributed by atoms with van der Waals surface area (Å²) < 4.78 is 42.5. The van der Waals surface area contributed by atoms with E-state index in [4.69, 9.17) is 0 Å². The van der Waals surface area contributed by atoms with E-state index < -0.39 is 11.7 Å². The number of aromatic nitrogens is 4. The van der Waals surface area contributed by atoms with Crippen LogP contribution in [0.4, 0.5) is 13.2 Å². The number of hydrogen-bond acceptors (Lipinski definition) is 3. The van der Waals surface area contributed by atoms with Gasteiger partial charge in [-0.1, -0.05) is 12.1 Å². The fourth-order valence-electron chi connectivity index (χ4n) is 3.19. The zero-order valence-corrected chi connectivity index (χ0v) is 16.3. The first kappa shape index (κ1) is 20.4. The molecule has 0 saturated carbocycles. The van der Waals surface area contributed by atoms with Crippen molar-refractivity contribution in [3.63, 3.8) is 0 Å². The van der Waals surface area contributed by atoms with Crippen molar-refractivity contribution in [2.45, 2.75) is 12.6 Å². The second kappa shape index (κ2) is 8.47. The second-order valence-corrected chi connectivity index (χ2v) is 6.80. The summed E-state index contributed by atoms with van der Waals surface area (Å²) in [6.07, 6.45) is 4.27. The molecule has 3 heterocycles. The average molecular weight is 425 g/mol. The number of nitrogens with zero attached hydrogens (tertiary/aromatic N) is 4. The van der Waals surface area contributed by atoms with Gasteiger partial charge in [0.25, 0.3) is 5.91 Å². The topological polar surface area (TPSA) is 64.7 Å². The summed E-state index contributed by atoms with van der Waals surface area (Å²) in [5.74, 6) is -0.0194. The van der Waals surface area contributed by atoms with Crippen molar-refractivity contribution in [2.24, 2.45) is 0 Å². The average Bonchev–Trinajstić information content (AvgIpc) is 3.43.